The number of rotatable bonds is 18. The molecule has 8 nitrogen and oxygen atoms in total. The normalized spacial score (nSPS) is 29.6. The first-order valence-corrected chi connectivity index (χ1v) is 30.2. The Labute approximate surface area is 400 Å². The van der Waals surface area contributed by atoms with Gasteiger partial charge < -0.3 is 28.1 Å². The van der Waals surface area contributed by atoms with Crippen molar-refractivity contribution < 1.29 is 37.7 Å². The lowest BCUT2D eigenvalue weighted by molar-refractivity contribution is -0.170. The van der Waals surface area contributed by atoms with Crippen molar-refractivity contribution in [3.8, 4) is 0 Å². The molecule has 2 aromatic rings. The monoisotopic (exact) mass is 939 g/mol. The van der Waals surface area contributed by atoms with E-state index in [1.54, 1.807) is 13.2 Å². The molecule has 0 unspecified atom stereocenters. The number of carbonyl (C=O) groups excluding carboxylic acids is 2. The number of cyclic esters (lactones) is 1. The smallest absolute Gasteiger partial charge is 0.341 e. The Bertz CT molecular complexity index is 2020. The maximum atomic E-state index is 14.3. The highest BCUT2D eigenvalue weighted by molar-refractivity contribution is 6.99. The van der Waals surface area contributed by atoms with Gasteiger partial charge in [0.05, 0.1) is 26.2 Å². The van der Waals surface area contributed by atoms with Gasteiger partial charge in [-0.3, -0.25) is 4.79 Å². The van der Waals surface area contributed by atoms with Gasteiger partial charge in [-0.15, -0.1) is 0 Å². The van der Waals surface area contributed by atoms with E-state index in [4.69, 9.17) is 28.1 Å². The van der Waals surface area contributed by atoms with Gasteiger partial charge in [-0.1, -0.05) is 184 Å². The minimum absolute atomic E-state index is 0.0159. The van der Waals surface area contributed by atoms with Crippen LogP contribution in [-0.4, -0.2) is 73.4 Å². The number of esters is 2. The van der Waals surface area contributed by atoms with Crippen LogP contribution in [0.15, 0.2) is 108 Å². The highest BCUT2D eigenvalue weighted by atomic mass is 28.4. The standard InChI is InChI=1S/C56H82O8Si2/c1-14-34-60-50(57)55(9)42(36-48(65(11,12)13)49-46(55)32-25-33-47(49)61-39-59-10)26-19-15-16-20-27-43-35-41(40(2)37-56(43)51(58)63-52(64-56)53(3,4)5)38-62-66(54(6,7)8,44-28-21-17-22-29-44)45-30-23-18-24-31-45/h14,17-18,20-24,27-31,35-36,40,42-43,46-47,49,52H,1,15-16,19,25-26,32-34,37-39H2,2-13H3/b27-20+/t40-,42-,43-,46-,47+,49+,52+,55-,56+/m1/s1. The van der Waals surface area contributed by atoms with E-state index in [2.05, 4.69) is 167 Å². The third-order valence-electron chi connectivity index (χ3n) is 15.3. The van der Waals surface area contributed by atoms with Crippen molar-refractivity contribution in [1.29, 1.82) is 0 Å². The van der Waals surface area contributed by atoms with Gasteiger partial charge in [0.25, 0.3) is 8.32 Å². The summed E-state index contributed by atoms with van der Waals surface area (Å²) in [6.45, 7) is 29.4. The molecular formula is C56H82O8Si2. The maximum Gasteiger partial charge on any atom is 0.341 e. The highest BCUT2D eigenvalue weighted by Gasteiger charge is 2.60. The number of ether oxygens (including phenoxy) is 5. The zero-order valence-corrected chi connectivity index (χ0v) is 44.5. The fourth-order valence-electron chi connectivity index (χ4n) is 11.7. The van der Waals surface area contributed by atoms with E-state index < -0.39 is 33.7 Å². The Morgan fingerprint density at radius 1 is 0.939 bits per heavy atom. The quantitative estimate of drug-likeness (QED) is 0.0480. The molecule has 1 aliphatic heterocycles. The van der Waals surface area contributed by atoms with E-state index in [-0.39, 0.29) is 71.5 Å². The Hall–Kier alpha value is -3.39. The fourth-order valence-corrected chi connectivity index (χ4v) is 18.4. The first kappa shape index (κ1) is 52.0. The number of methoxy groups -OCH3 is 1. The molecule has 0 aromatic heterocycles. The maximum absolute atomic E-state index is 14.3. The van der Waals surface area contributed by atoms with Crippen LogP contribution in [-0.2, 0) is 37.7 Å². The number of hydrogen-bond donors (Lipinski definition) is 0. The van der Waals surface area contributed by atoms with Crippen molar-refractivity contribution in [1.82, 2.24) is 0 Å². The van der Waals surface area contributed by atoms with Crippen molar-refractivity contribution in [2.75, 3.05) is 27.1 Å². The zero-order valence-electron chi connectivity index (χ0n) is 42.5. The molecule has 10 heteroatoms. The van der Waals surface area contributed by atoms with E-state index in [9.17, 15) is 9.59 Å². The molecule has 3 aliphatic carbocycles. The first-order valence-electron chi connectivity index (χ1n) is 24.8. The van der Waals surface area contributed by atoms with Crippen LogP contribution < -0.4 is 10.4 Å². The van der Waals surface area contributed by atoms with E-state index in [1.807, 2.05) is 0 Å². The molecule has 6 rings (SSSR count). The van der Waals surface area contributed by atoms with Gasteiger partial charge in [-0.25, -0.2) is 4.79 Å². The summed E-state index contributed by atoms with van der Waals surface area (Å²) in [5.41, 5.74) is -1.00. The summed E-state index contributed by atoms with van der Waals surface area (Å²) < 4.78 is 38.1. The summed E-state index contributed by atoms with van der Waals surface area (Å²) in [5, 5.41) is 3.83. The average Bonchev–Trinajstić information content (AvgIpc) is 3.61. The number of hydrogen-bond acceptors (Lipinski definition) is 8. The van der Waals surface area contributed by atoms with Gasteiger partial charge in [0.1, 0.15) is 13.4 Å². The molecule has 0 radical (unpaired) electrons. The zero-order chi connectivity index (χ0) is 48.1. The Morgan fingerprint density at radius 3 is 2.15 bits per heavy atom. The Morgan fingerprint density at radius 2 is 1.59 bits per heavy atom. The molecule has 362 valence electrons. The lowest BCUT2D eigenvalue weighted by Crippen LogP contribution is -2.66. The van der Waals surface area contributed by atoms with E-state index in [0.29, 0.717) is 13.0 Å². The summed E-state index contributed by atoms with van der Waals surface area (Å²) in [6, 6.07) is 21.5. The minimum atomic E-state index is -2.82. The molecule has 66 heavy (non-hydrogen) atoms. The van der Waals surface area contributed by atoms with Crippen LogP contribution in [0.5, 0.6) is 0 Å². The van der Waals surface area contributed by atoms with Crippen LogP contribution in [0.2, 0.25) is 24.7 Å². The average molecular weight is 939 g/mol. The van der Waals surface area contributed by atoms with Crippen LogP contribution in [0, 0.1) is 40.4 Å². The van der Waals surface area contributed by atoms with Gasteiger partial charge in [-0.2, -0.15) is 0 Å². The second kappa shape index (κ2) is 21.1. The third kappa shape index (κ3) is 10.6. The highest BCUT2D eigenvalue weighted by Crippen LogP contribution is 2.57. The molecule has 1 heterocycles. The molecule has 1 saturated carbocycles. The van der Waals surface area contributed by atoms with Gasteiger partial charge in [-0.05, 0) is 84.2 Å². The SMILES string of the molecule is C=CCOC(=O)[C@@]1(C)[C@@H]2CCC[C@H](OCOC)[C@H]2C([Si](C)(C)C)=C[C@H]1CCCC/C=C/[C@@H]1C=C(CO[Si](c2ccccc2)(c2ccccc2)C(C)(C)C)[C@H](C)C[C@]12O[C@@H](C(C)(C)C)OC2=O. The summed E-state index contributed by atoms with van der Waals surface area (Å²) in [6.07, 6.45) is 17.2. The number of unbranched alkanes of at least 4 members (excludes halogenated alkanes) is 2. The molecule has 9 atom stereocenters. The molecule has 2 aromatic carbocycles. The Kier molecular flexibility index (Phi) is 16.6. The van der Waals surface area contributed by atoms with Crippen LogP contribution in [0.3, 0.4) is 0 Å². The molecule has 0 bridgehead atoms. The van der Waals surface area contributed by atoms with Crippen molar-refractivity contribution >= 4 is 38.7 Å². The molecule has 1 saturated heterocycles. The number of carbonyl (C=O) groups is 2. The second-order valence-electron chi connectivity index (χ2n) is 23.0. The van der Waals surface area contributed by atoms with Gasteiger partial charge in [0, 0.05) is 24.4 Å². The number of benzene rings is 2. The Balaban J connectivity index is 1.27. The fraction of sp³-hybridized carbons (Fsp3) is 0.607. The lowest BCUT2D eigenvalue weighted by Gasteiger charge is -2.54. The van der Waals surface area contributed by atoms with E-state index in [0.717, 1.165) is 44.9 Å². The second-order valence-corrected chi connectivity index (χ2v) is 32.4. The molecular weight excluding hydrogens is 857 g/mol. The summed E-state index contributed by atoms with van der Waals surface area (Å²) in [7, 11) is -2.94. The van der Waals surface area contributed by atoms with Gasteiger partial charge in [0.15, 0.2) is 5.60 Å². The van der Waals surface area contributed by atoms with Gasteiger partial charge in [0.2, 0.25) is 6.29 Å². The third-order valence-corrected chi connectivity index (χ3v) is 22.5. The number of fused-ring (bicyclic) bond motifs is 1. The summed E-state index contributed by atoms with van der Waals surface area (Å²) >= 11 is 0. The van der Waals surface area contributed by atoms with Crippen LogP contribution in [0.1, 0.15) is 107 Å². The largest absolute Gasteiger partial charge is 0.461 e. The predicted molar refractivity (Wildman–Crippen MR) is 271 cm³/mol. The molecule has 2 fully saturated rings. The van der Waals surface area contributed by atoms with Gasteiger partial charge >= 0.3 is 11.9 Å². The molecule has 0 N–H and O–H groups in total. The minimum Gasteiger partial charge on any atom is -0.461 e. The van der Waals surface area contributed by atoms with Crippen LogP contribution >= 0.6 is 0 Å². The number of allylic oxidation sites excluding steroid dienone is 2. The van der Waals surface area contributed by atoms with Crippen LogP contribution in [0.4, 0.5) is 0 Å². The molecule has 0 amide bonds. The van der Waals surface area contributed by atoms with E-state index in [1.165, 1.54) is 21.1 Å². The lowest BCUT2D eigenvalue weighted by atomic mass is 9.54. The van der Waals surface area contributed by atoms with Crippen LogP contribution in [0.25, 0.3) is 0 Å². The summed E-state index contributed by atoms with van der Waals surface area (Å²) in [4.78, 5) is 28.4. The van der Waals surface area contributed by atoms with Crippen molar-refractivity contribution in [2.24, 2.45) is 40.4 Å². The molecule has 1 spiro atoms. The first-order chi connectivity index (χ1) is 31.1. The summed E-state index contributed by atoms with van der Waals surface area (Å²) in [5.74, 6) is -0.377. The topological polar surface area (TPSA) is 89.5 Å². The predicted octanol–water partition coefficient (Wildman–Crippen LogP) is 11.5. The molecule has 4 aliphatic rings. The van der Waals surface area contributed by atoms with Crippen molar-refractivity contribution in [3.63, 3.8) is 0 Å². The van der Waals surface area contributed by atoms with Crippen molar-refractivity contribution in [3.05, 3.63) is 108 Å². The van der Waals surface area contributed by atoms with Crippen molar-refractivity contribution in [2.45, 2.75) is 149 Å². The van der Waals surface area contributed by atoms with E-state index >= 15 is 0 Å².